The zero-order chi connectivity index (χ0) is 18.1. The van der Waals surface area contributed by atoms with Gasteiger partial charge in [-0.05, 0) is 47.7 Å². The quantitative estimate of drug-likeness (QED) is 0.670. The Morgan fingerprint density at radius 3 is 2.50 bits per heavy atom. The van der Waals surface area contributed by atoms with Gasteiger partial charge in [-0.2, -0.15) is 0 Å². The Labute approximate surface area is 148 Å². The van der Waals surface area contributed by atoms with Gasteiger partial charge in [-0.25, -0.2) is 4.39 Å². The number of nitrogens with zero attached hydrogens (tertiary/aromatic N) is 2. The van der Waals surface area contributed by atoms with Crippen molar-refractivity contribution in [3.8, 4) is 11.1 Å². The molecule has 0 saturated heterocycles. The first-order chi connectivity index (χ1) is 11.7. The van der Waals surface area contributed by atoms with Gasteiger partial charge in [0.25, 0.3) is 0 Å². The van der Waals surface area contributed by atoms with Gasteiger partial charge in [-0.1, -0.05) is 25.4 Å². The number of fused-ring (bicyclic) bond motifs is 1. The fourth-order valence-corrected chi connectivity index (χ4v) is 2.97. The van der Waals surface area contributed by atoms with Crippen molar-refractivity contribution in [2.24, 2.45) is 0 Å². The van der Waals surface area contributed by atoms with E-state index in [1.165, 1.54) is 5.56 Å². The van der Waals surface area contributed by atoms with Crippen LogP contribution < -0.4 is 4.90 Å². The standard InChI is InChI=1S/C16H16ClFN2.C2H6.CH3F/c1-20-4-2-3-11-6-15(12(8-18)7-16(11)20)13-5-14(17)10-19-9-13;2*1-2/h5-7,9-10H,2-4,8H2,1H3;1-2H3;1H3. The monoisotopic (exact) mass is 354 g/mol. The first-order valence-electron chi connectivity index (χ1n) is 8.10. The predicted octanol–water partition coefficient (Wildman–Crippen LogP) is 5.87. The Bertz CT molecular complexity index is 647. The summed E-state index contributed by atoms with van der Waals surface area (Å²) in [7, 11) is 2.56. The van der Waals surface area contributed by atoms with Crippen molar-refractivity contribution in [1.29, 1.82) is 0 Å². The molecular weight excluding hydrogens is 330 g/mol. The molecule has 0 atom stereocenters. The minimum Gasteiger partial charge on any atom is -0.374 e. The maximum Gasteiger partial charge on any atom is 0.115 e. The third-order valence-electron chi connectivity index (χ3n) is 3.82. The number of alkyl halides is 2. The van der Waals surface area contributed by atoms with E-state index < -0.39 is 6.67 Å². The third kappa shape index (κ3) is 4.67. The highest BCUT2D eigenvalue weighted by atomic mass is 35.5. The number of aromatic nitrogens is 1. The number of aryl methyl sites for hydroxylation is 1. The van der Waals surface area contributed by atoms with Gasteiger partial charge in [0.2, 0.25) is 0 Å². The summed E-state index contributed by atoms with van der Waals surface area (Å²) in [5.41, 5.74) is 4.88. The molecule has 1 aliphatic rings. The second-order valence-corrected chi connectivity index (χ2v) is 5.63. The summed E-state index contributed by atoms with van der Waals surface area (Å²) in [5.74, 6) is 0. The van der Waals surface area contributed by atoms with Crippen molar-refractivity contribution in [3.05, 3.63) is 46.7 Å². The molecule has 3 rings (SSSR count). The molecule has 2 nitrogen and oxygen atoms in total. The van der Waals surface area contributed by atoms with Gasteiger partial charge in [0.1, 0.15) is 6.67 Å². The van der Waals surface area contributed by atoms with Gasteiger partial charge in [-0.3, -0.25) is 9.37 Å². The molecule has 0 amide bonds. The van der Waals surface area contributed by atoms with E-state index in [2.05, 4.69) is 23.0 Å². The summed E-state index contributed by atoms with van der Waals surface area (Å²) in [6.07, 6.45) is 5.49. The van der Waals surface area contributed by atoms with Crippen molar-refractivity contribution in [2.45, 2.75) is 33.4 Å². The Morgan fingerprint density at radius 2 is 1.88 bits per heavy atom. The summed E-state index contributed by atoms with van der Waals surface area (Å²) in [6, 6.07) is 5.89. The molecule has 5 heteroatoms. The number of benzene rings is 1. The van der Waals surface area contributed by atoms with Crippen LogP contribution in [-0.4, -0.2) is 25.8 Å². The molecule has 0 spiro atoms. The number of halogens is 3. The third-order valence-corrected chi connectivity index (χ3v) is 4.02. The van der Waals surface area contributed by atoms with Crippen LogP contribution in [0.2, 0.25) is 5.02 Å². The van der Waals surface area contributed by atoms with E-state index in [1.54, 1.807) is 12.4 Å². The summed E-state index contributed by atoms with van der Waals surface area (Å²) in [4.78, 5) is 6.29. The van der Waals surface area contributed by atoms with E-state index in [0.717, 1.165) is 36.2 Å². The van der Waals surface area contributed by atoms with Crippen LogP contribution in [0.4, 0.5) is 14.5 Å². The predicted molar refractivity (Wildman–Crippen MR) is 99.5 cm³/mol. The number of hydrogen-bond donors (Lipinski definition) is 0. The minimum atomic E-state index is -0.483. The van der Waals surface area contributed by atoms with Crippen LogP contribution in [0, 0.1) is 0 Å². The Balaban J connectivity index is 0.000000671. The Morgan fingerprint density at radius 1 is 1.17 bits per heavy atom. The van der Waals surface area contributed by atoms with Crippen LogP contribution in [0.1, 0.15) is 31.4 Å². The topological polar surface area (TPSA) is 16.1 Å². The fraction of sp³-hybridized carbons (Fsp3) is 0.421. The highest BCUT2D eigenvalue weighted by Crippen LogP contribution is 2.35. The first kappa shape index (κ1) is 20.4. The lowest BCUT2D eigenvalue weighted by Gasteiger charge is -2.29. The molecule has 0 fully saturated rings. The van der Waals surface area contributed by atoms with Crippen molar-refractivity contribution in [1.82, 2.24) is 4.98 Å². The minimum absolute atomic E-state index is 0.483. The van der Waals surface area contributed by atoms with Crippen LogP contribution >= 0.6 is 11.6 Å². The molecule has 0 saturated carbocycles. The summed E-state index contributed by atoms with van der Waals surface area (Å²) in [6.45, 7) is 4.54. The van der Waals surface area contributed by atoms with Crippen LogP contribution in [-0.2, 0) is 13.1 Å². The summed E-state index contributed by atoms with van der Waals surface area (Å²) in [5, 5.41) is 0.571. The summed E-state index contributed by atoms with van der Waals surface area (Å²) < 4.78 is 22.9. The summed E-state index contributed by atoms with van der Waals surface area (Å²) >= 11 is 5.99. The molecule has 24 heavy (non-hydrogen) atoms. The zero-order valence-electron chi connectivity index (χ0n) is 14.7. The van der Waals surface area contributed by atoms with Gasteiger partial charge < -0.3 is 4.90 Å². The van der Waals surface area contributed by atoms with Gasteiger partial charge in [-0.15, -0.1) is 0 Å². The van der Waals surface area contributed by atoms with Crippen molar-refractivity contribution < 1.29 is 8.78 Å². The smallest absolute Gasteiger partial charge is 0.115 e. The van der Waals surface area contributed by atoms with Crippen molar-refractivity contribution in [3.63, 3.8) is 0 Å². The van der Waals surface area contributed by atoms with Gasteiger partial charge >= 0.3 is 0 Å². The first-order valence-corrected chi connectivity index (χ1v) is 8.48. The van der Waals surface area contributed by atoms with Gasteiger partial charge in [0, 0.05) is 37.2 Å². The maximum absolute atomic E-state index is 13.4. The van der Waals surface area contributed by atoms with Gasteiger partial charge in [0.05, 0.1) is 12.2 Å². The molecule has 0 bridgehead atoms. The van der Waals surface area contributed by atoms with E-state index in [1.807, 2.05) is 26.0 Å². The lowest BCUT2D eigenvalue weighted by atomic mass is 9.93. The highest BCUT2D eigenvalue weighted by molar-refractivity contribution is 6.30. The molecule has 2 heterocycles. The van der Waals surface area contributed by atoms with E-state index in [4.69, 9.17) is 11.6 Å². The number of rotatable bonds is 2. The molecule has 2 aromatic rings. The molecule has 1 aromatic heterocycles. The fourth-order valence-electron chi connectivity index (χ4n) is 2.80. The van der Waals surface area contributed by atoms with Crippen molar-refractivity contribution >= 4 is 17.3 Å². The molecular formula is C19H25ClF2N2. The average molecular weight is 355 g/mol. The number of pyridine rings is 1. The van der Waals surface area contributed by atoms with E-state index in [9.17, 15) is 8.78 Å². The van der Waals surface area contributed by atoms with Crippen molar-refractivity contribution in [2.75, 3.05) is 25.7 Å². The molecule has 1 aliphatic heterocycles. The molecule has 0 unspecified atom stereocenters. The SMILES string of the molecule is CC.CF.CN1CCCc2cc(-c3cncc(Cl)c3)c(CF)cc21. The van der Waals surface area contributed by atoms with E-state index >= 15 is 0 Å². The molecule has 132 valence electrons. The van der Waals surface area contributed by atoms with E-state index in [-0.39, 0.29) is 0 Å². The Hall–Kier alpha value is -1.68. The average Bonchev–Trinajstić information content (AvgIpc) is 2.64. The molecule has 0 radical (unpaired) electrons. The molecule has 1 aromatic carbocycles. The van der Waals surface area contributed by atoms with Gasteiger partial charge in [0.15, 0.2) is 0 Å². The van der Waals surface area contributed by atoms with Crippen LogP contribution in [0.3, 0.4) is 0 Å². The second-order valence-electron chi connectivity index (χ2n) is 5.19. The second kappa shape index (κ2) is 10.2. The highest BCUT2D eigenvalue weighted by Gasteiger charge is 2.17. The van der Waals surface area contributed by atoms with Crippen LogP contribution in [0.25, 0.3) is 11.1 Å². The zero-order valence-corrected chi connectivity index (χ0v) is 15.5. The Kier molecular flexibility index (Phi) is 8.69. The largest absolute Gasteiger partial charge is 0.374 e. The van der Waals surface area contributed by atoms with Crippen LogP contribution in [0.5, 0.6) is 0 Å². The normalized spacial score (nSPS) is 12.4. The lowest BCUT2D eigenvalue weighted by Crippen LogP contribution is -2.24. The number of hydrogen-bond acceptors (Lipinski definition) is 2. The van der Waals surface area contributed by atoms with Crippen LogP contribution in [0.15, 0.2) is 30.6 Å². The maximum atomic E-state index is 13.4. The van der Waals surface area contributed by atoms with E-state index in [0.29, 0.717) is 17.8 Å². The molecule has 0 aliphatic carbocycles. The lowest BCUT2D eigenvalue weighted by molar-refractivity contribution is 0.486. The molecule has 0 N–H and O–H groups in total. The number of anilines is 1.